The van der Waals surface area contributed by atoms with E-state index in [9.17, 15) is 18.4 Å². The van der Waals surface area contributed by atoms with Crippen LogP contribution in [0.4, 0.5) is 8.78 Å². The fourth-order valence-electron chi connectivity index (χ4n) is 3.99. The molecule has 0 aliphatic rings. The molecule has 0 spiro atoms. The maximum Gasteiger partial charge on any atom is 0.325 e. The summed E-state index contributed by atoms with van der Waals surface area (Å²) in [6.45, 7) is 1.95. The van der Waals surface area contributed by atoms with Crippen LogP contribution in [0.1, 0.15) is 22.4 Å². The van der Waals surface area contributed by atoms with Crippen LogP contribution in [0.3, 0.4) is 0 Å². The predicted molar refractivity (Wildman–Crippen MR) is 123 cm³/mol. The van der Waals surface area contributed by atoms with E-state index in [0.717, 1.165) is 39.9 Å². The van der Waals surface area contributed by atoms with Crippen LogP contribution >= 0.6 is 11.6 Å². The van der Waals surface area contributed by atoms with E-state index >= 15 is 0 Å². The first kappa shape index (κ1) is 22.7. The van der Waals surface area contributed by atoms with Gasteiger partial charge in [-0.25, -0.2) is 8.78 Å². The van der Waals surface area contributed by atoms with Crippen molar-refractivity contribution in [2.75, 3.05) is 7.11 Å². The van der Waals surface area contributed by atoms with Crippen LogP contribution in [-0.4, -0.2) is 22.2 Å². The van der Waals surface area contributed by atoms with Crippen molar-refractivity contribution in [3.8, 4) is 0 Å². The molecule has 4 rings (SSSR count). The molecule has 0 saturated carbocycles. The monoisotopic (exact) mass is 470 g/mol. The molecular weight excluding hydrogens is 450 g/mol. The molecule has 0 fully saturated rings. The summed E-state index contributed by atoms with van der Waals surface area (Å²) in [5.41, 5.74) is 3.41. The van der Waals surface area contributed by atoms with Gasteiger partial charge < -0.3 is 13.9 Å². The van der Waals surface area contributed by atoms with Crippen molar-refractivity contribution >= 4 is 28.5 Å². The fraction of sp³-hybridized carbons (Fsp3) is 0.200. The number of hydrogen-bond acceptors (Lipinski definition) is 3. The molecule has 0 atom stereocenters. The van der Waals surface area contributed by atoms with Crippen LogP contribution in [0.5, 0.6) is 0 Å². The van der Waals surface area contributed by atoms with Gasteiger partial charge in [-0.2, -0.15) is 0 Å². The number of nitrogens with zero attached hydrogens (tertiary/aromatic N) is 2. The molecule has 0 aliphatic heterocycles. The Kier molecular flexibility index (Phi) is 6.33. The first-order chi connectivity index (χ1) is 15.8. The van der Waals surface area contributed by atoms with E-state index in [1.165, 1.54) is 23.8 Å². The number of fused-ring (bicyclic) bond motifs is 1. The third-order valence-corrected chi connectivity index (χ3v) is 5.95. The number of methoxy groups -OCH3 is 1. The molecule has 2 heterocycles. The number of benzene rings is 2. The number of ether oxygens (including phenoxy) is 1. The van der Waals surface area contributed by atoms with E-state index in [4.69, 9.17) is 16.3 Å². The number of carbonyl (C=O) groups excluding carboxylic acids is 1. The number of esters is 1. The number of halogens is 3. The predicted octanol–water partition coefficient (Wildman–Crippen LogP) is 4.86. The molecule has 0 N–H and O–H groups in total. The van der Waals surface area contributed by atoms with E-state index in [0.29, 0.717) is 11.4 Å². The first-order valence-corrected chi connectivity index (χ1v) is 10.6. The van der Waals surface area contributed by atoms with Gasteiger partial charge in [-0.15, -0.1) is 0 Å². The third kappa shape index (κ3) is 4.68. The molecular formula is C25H21ClF2N2O3. The second kappa shape index (κ2) is 9.19. The second-order valence-corrected chi connectivity index (χ2v) is 8.24. The number of rotatable bonds is 6. The number of aromatic nitrogens is 2. The van der Waals surface area contributed by atoms with Crippen LogP contribution in [0, 0.1) is 18.6 Å². The molecule has 2 aromatic carbocycles. The quantitative estimate of drug-likeness (QED) is 0.378. The zero-order valence-electron chi connectivity index (χ0n) is 18.1. The lowest BCUT2D eigenvalue weighted by molar-refractivity contribution is -0.141. The van der Waals surface area contributed by atoms with Crippen molar-refractivity contribution in [1.82, 2.24) is 9.13 Å². The molecule has 0 saturated heterocycles. The highest BCUT2D eigenvalue weighted by Crippen LogP contribution is 2.30. The van der Waals surface area contributed by atoms with Crippen molar-refractivity contribution in [2.24, 2.45) is 0 Å². The Morgan fingerprint density at radius 3 is 2.61 bits per heavy atom. The molecule has 4 aromatic rings. The average molecular weight is 471 g/mol. The van der Waals surface area contributed by atoms with Crippen molar-refractivity contribution in [3.05, 3.63) is 104 Å². The van der Waals surface area contributed by atoms with E-state index in [1.54, 1.807) is 18.3 Å². The van der Waals surface area contributed by atoms with Gasteiger partial charge in [0.2, 0.25) is 0 Å². The lowest BCUT2D eigenvalue weighted by Gasteiger charge is -2.10. The molecule has 33 heavy (non-hydrogen) atoms. The minimum Gasteiger partial charge on any atom is -0.468 e. The Morgan fingerprint density at radius 1 is 1.09 bits per heavy atom. The highest BCUT2D eigenvalue weighted by Gasteiger charge is 2.17. The van der Waals surface area contributed by atoms with Crippen molar-refractivity contribution in [1.29, 1.82) is 0 Å². The molecule has 170 valence electrons. The molecule has 0 radical (unpaired) electrons. The van der Waals surface area contributed by atoms with E-state index in [-0.39, 0.29) is 30.2 Å². The minimum atomic E-state index is -0.705. The highest BCUT2D eigenvalue weighted by molar-refractivity contribution is 6.31. The van der Waals surface area contributed by atoms with Gasteiger partial charge in [0.1, 0.15) is 18.2 Å². The van der Waals surface area contributed by atoms with Gasteiger partial charge in [0, 0.05) is 51.9 Å². The zero-order valence-corrected chi connectivity index (χ0v) is 18.8. The molecule has 8 heteroatoms. The van der Waals surface area contributed by atoms with Gasteiger partial charge in [-0.3, -0.25) is 9.59 Å². The van der Waals surface area contributed by atoms with Crippen LogP contribution in [0.15, 0.2) is 59.5 Å². The number of pyridine rings is 1. The molecule has 2 aromatic heterocycles. The second-order valence-electron chi connectivity index (χ2n) is 7.80. The molecule has 0 amide bonds. The first-order valence-electron chi connectivity index (χ1n) is 10.2. The van der Waals surface area contributed by atoms with Gasteiger partial charge in [0.15, 0.2) is 0 Å². The summed E-state index contributed by atoms with van der Waals surface area (Å²) in [6, 6.07) is 11.9. The van der Waals surface area contributed by atoms with Crippen molar-refractivity contribution < 1.29 is 18.3 Å². The Hall–Kier alpha value is -3.45. The van der Waals surface area contributed by atoms with Gasteiger partial charge in [-0.1, -0.05) is 23.7 Å². The largest absolute Gasteiger partial charge is 0.468 e. The van der Waals surface area contributed by atoms with E-state index < -0.39 is 11.6 Å². The van der Waals surface area contributed by atoms with Gasteiger partial charge in [-0.05, 0) is 42.3 Å². The Labute approximate surface area is 193 Å². The topological polar surface area (TPSA) is 53.2 Å². The SMILES string of the molecule is COC(=O)Cn1c(C)c(Cc2ccc(=O)n(Cc3ccc(F)cc3F)c2)c2cc(Cl)ccc21. The summed E-state index contributed by atoms with van der Waals surface area (Å²) in [4.78, 5) is 24.3. The summed E-state index contributed by atoms with van der Waals surface area (Å²) in [5.74, 6) is -1.75. The lowest BCUT2D eigenvalue weighted by Crippen LogP contribution is -2.20. The lowest BCUT2D eigenvalue weighted by atomic mass is 10.0. The van der Waals surface area contributed by atoms with E-state index in [1.807, 2.05) is 23.6 Å². The smallest absolute Gasteiger partial charge is 0.325 e. The number of carbonyl (C=O) groups is 1. The maximum atomic E-state index is 14.1. The maximum absolute atomic E-state index is 14.1. The summed E-state index contributed by atoms with van der Waals surface area (Å²) < 4.78 is 35.4. The molecule has 0 aliphatic carbocycles. The zero-order chi connectivity index (χ0) is 23.7. The average Bonchev–Trinajstić information content (AvgIpc) is 3.02. The van der Waals surface area contributed by atoms with Crippen LogP contribution < -0.4 is 5.56 Å². The van der Waals surface area contributed by atoms with Gasteiger partial charge >= 0.3 is 5.97 Å². The van der Waals surface area contributed by atoms with Gasteiger partial charge in [0.25, 0.3) is 5.56 Å². The third-order valence-electron chi connectivity index (χ3n) is 5.71. The number of hydrogen-bond donors (Lipinski definition) is 0. The summed E-state index contributed by atoms with van der Waals surface area (Å²) in [6.07, 6.45) is 2.13. The Morgan fingerprint density at radius 2 is 1.88 bits per heavy atom. The van der Waals surface area contributed by atoms with Gasteiger partial charge in [0.05, 0.1) is 13.7 Å². The van der Waals surface area contributed by atoms with Crippen molar-refractivity contribution in [3.63, 3.8) is 0 Å². The molecule has 0 bridgehead atoms. The fourth-order valence-corrected chi connectivity index (χ4v) is 4.16. The standard InChI is InChI=1S/C25H21ClF2N2O3/c1-15-20(21-10-18(26)5-7-23(21)30(15)14-25(32)33-2)9-16-3-8-24(31)29(12-16)13-17-4-6-19(27)11-22(17)28/h3-8,10-12H,9,13-14H2,1-2H3. The van der Waals surface area contributed by atoms with E-state index in [2.05, 4.69) is 0 Å². The summed E-state index contributed by atoms with van der Waals surface area (Å²) >= 11 is 6.24. The summed E-state index contributed by atoms with van der Waals surface area (Å²) in [7, 11) is 1.34. The van der Waals surface area contributed by atoms with Crippen LogP contribution in [0.25, 0.3) is 10.9 Å². The van der Waals surface area contributed by atoms with Crippen LogP contribution in [-0.2, 0) is 29.0 Å². The highest BCUT2D eigenvalue weighted by atomic mass is 35.5. The Bertz CT molecular complexity index is 1430. The molecule has 0 unspecified atom stereocenters. The van der Waals surface area contributed by atoms with Crippen LogP contribution in [0.2, 0.25) is 5.02 Å². The Balaban J connectivity index is 1.73. The molecule has 5 nitrogen and oxygen atoms in total. The normalized spacial score (nSPS) is 11.2. The minimum absolute atomic E-state index is 0.0201. The summed E-state index contributed by atoms with van der Waals surface area (Å²) in [5, 5.41) is 1.46. The van der Waals surface area contributed by atoms with Crippen molar-refractivity contribution in [2.45, 2.75) is 26.4 Å².